The highest BCUT2D eigenvalue weighted by Gasteiger charge is 2.13. The first kappa shape index (κ1) is 10.4. The molecule has 82 valence electrons. The third kappa shape index (κ3) is 1.48. The molecule has 2 rings (SSSR count). The third-order valence-electron chi connectivity index (χ3n) is 2.57. The maximum atomic E-state index is 11.8. The summed E-state index contributed by atoms with van der Waals surface area (Å²) >= 11 is 0. The second kappa shape index (κ2) is 3.81. The summed E-state index contributed by atoms with van der Waals surface area (Å²) in [7, 11) is 0. The minimum atomic E-state index is -1.18. The Morgan fingerprint density at radius 3 is 2.81 bits per heavy atom. The van der Waals surface area contributed by atoms with E-state index < -0.39 is 11.5 Å². The molecule has 0 atom stereocenters. The van der Waals surface area contributed by atoms with Crippen molar-refractivity contribution in [2.24, 2.45) is 0 Å². The first-order valence-corrected chi connectivity index (χ1v) is 5.01. The normalized spacial score (nSPS) is 10.6. The van der Waals surface area contributed by atoms with Crippen LogP contribution in [0.4, 0.5) is 0 Å². The Balaban J connectivity index is 2.94. The van der Waals surface area contributed by atoms with E-state index in [2.05, 4.69) is 0 Å². The molecule has 0 spiro atoms. The van der Waals surface area contributed by atoms with Gasteiger partial charge in [0.1, 0.15) is 5.56 Å². The second-order valence-corrected chi connectivity index (χ2v) is 3.50. The summed E-state index contributed by atoms with van der Waals surface area (Å²) in [6, 6.07) is 6.81. The van der Waals surface area contributed by atoms with Crippen molar-refractivity contribution in [2.45, 2.75) is 13.3 Å². The summed E-state index contributed by atoms with van der Waals surface area (Å²) in [6.07, 6.45) is 2.28. The van der Waals surface area contributed by atoms with Gasteiger partial charge in [0.25, 0.3) is 5.56 Å². The SMILES string of the molecule is CCc1cc(C(=O)O)c(=O)n2ccccc12. The lowest BCUT2D eigenvalue weighted by Gasteiger charge is -2.07. The fourth-order valence-electron chi connectivity index (χ4n) is 1.76. The van der Waals surface area contributed by atoms with Crippen LogP contribution in [0, 0.1) is 0 Å². The van der Waals surface area contributed by atoms with Gasteiger partial charge in [-0.15, -0.1) is 0 Å². The lowest BCUT2D eigenvalue weighted by molar-refractivity contribution is 0.0694. The Hall–Kier alpha value is -2.10. The Kier molecular flexibility index (Phi) is 2.48. The van der Waals surface area contributed by atoms with Crippen LogP contribution in [0.2, 0.25) is 0 Å². The molecule has 2 aromatic heterocycles. The van der Waals surface area contributed by atoms with Crippen molar-refractivity contribution in [1.29, 1.82) is 0 Å². The number of hydrogen-bond donors (Lipinski definition) is 1. The molecule has 0 fully saturated rings. The topological polar surface area (TPSA) is 58.8 Å². The number of carbonyl (C=O) groups is 1. The van der Waals surface area contributed by atoms with E-state index >= 15 is 0 Å². The maximum absolute atomic E-state index is 11.8. The van der Waals surface area contributed by atoms with Crippen LogP contribution in [-0.4, -0.2) is 15.5 Å². The first-order chi connectivity index (χ1) is 7.65. The number of aromatic nitrogens is 1. The fourth-order valence-corrected chi connectivity index (χ4v) is 1.76. The molecule has 0 aliphatic carbocycles. The molecule has 4 nitrogen and oxygen atoms in total. The smallest absolute Gasteiger partial charge is 0.341 e. The zero-order chi connectivity index (χ0) is 11.7. The van der Waals surface area contributed by atoms with E-state index in [1.807, 2.05) is 19.1 Å². The van der Waals surface area contributed by atoms with Crippen molar-refractivity contribution in [2.75, 3.05) is 0 Å². The number of aryl methyl sites for hydroxylation is 1. The number of rotatable bonds is 2. The van der Waals surface area contributed by atoms with Gasteiger partial charge < -0.3 is 5.11 Å². The largest absolute Gasteiger partial charge is 0.477 e. The highest BCUT2D eigenvalue weighted by Crippen LogP contribution is 2.11. The van der Waals surface area contributed by atoms with Gasteiger partial charge in [-0.3, -0.25) is 9.20 Å². The van der Waals surface area contributed by atoms with Gasteiger partial charge in [0.05, 0.1) is 5.52 Å². The van der Waals surface area contributed by atoms with Crippen molar-refractivity contribution < 1.29 is 9.90 Å². The second-order valence-electron chi connectivity index (χ2n) is 3.50. The molecule has 0 aromatic carbocycles. The summed E-state index contributed by atoms with van der Waals surface area (Å²) < 4.78 is 1.38. The van der Waals surface area contributed by atoms with Crippen molar-refractivity contribution in [3.63, 3.8) is 0 Å². The molecule has 4 heteroatoms. The number of fused-ring (bicyclic) bond motifs is 1. The van der Waals surface area contributed by atoms with E-state index in [0.29, 0.717) is 6.42 Å². The Morgan fingerprint density at radius 2 is 2.19 bits per heavy atom. The van der Waals surface area contributed by atoms with Gasteiger partial charge in [0.2, 0.25) is 0 Å². The molecule has 0 amide bonds. The molecule has 0 radical (unpaired) electrons. The molecular weight excluding hydrogens is 206 g/mol. The highest BCUT2D eigenvalue weighted by molar-refractivity contribution is 5.88. The summed E-state index contributed by atoms with van der Waals surface area (Å²) in [4.78, 5) is 22.7. The van der Waals surface area contributed by atoms with E-state index in [4.69, 9.17) is 5.11 Å². The van der Waals surface area contributed by atoms with Gasteiger partial charge in [-0.1, -0.05) is 13.0 Å². The summed E-state index contributed by atoms with van der Waals surface area (Å²) in [5.74, 6) is -1.18. The average molecular weight is 217 g/mol. The molecule has 2 heterocycles. The van der Waals surface area contributed by atoms with Gasteiger partial charge in [0.15, 0.2) is 0 Å². The summed E-state index contributed by atoms with van der Waals surface area (Å²) in [5.41, 5.74) is 0.957. The molecule has 0 saturated heterocycles. The number of pyridine rings is 2. The van der Waals surface area contributed by atoms with Crippen LogP contribution in [0.1, 0.15) is 22.8 Å². The van der Waals surface area contributed by atoms with E-state index in [-0.39, 0.29) is 5.56 Å². The van der Waals surface area contributed by atoms with E-state index in [9.17, 15) is 9.59 Å². The molecule has 0 unspecified atom stereocenters. The standard InChI is InChI=1S/C12H11NO3/c1-2-8-7-9(12(15)16)11(14)13-6-4-3-5-10(8)13/h3-7H,2H2,1H3,(H,15,16). The van der Waals surface area contributed by atoms with Gasteiger partial charge in [-0.05, 0) is 30.2 Å². The fraction of sp³-hybridized carbons (Fsp3) is 0.167. The molecule has 0 aliphatic heterocycles. The number of carboxylic acid groups (broad SMARTS) is 1. The minimum Gasteiger partial charge on any atom is -0.477 e. The molecule has 0 saturated carbocycles. The number of hydrogen-bond acceptors (Lipinski definition) is 2. The number of nitrogens with zero attached hydrogens (tertiary/aromatic N) is 1. The predicted molar refractivity (Wildman–Crippen MR) is 60.0 cm³/mol. The molecular formula is C12H11NO3. The van der Waals surface area contributed by atoms with Gasteiger partial charge >= 0.3 is 5.97 Å². The van der Waals surface area contributed by atoms with Crippen LogP contribution >= 0.6 is 0 Å². The first-order valence-electron chi connectivity index (χ1n) is 5.01. The Bertz CT molecular complexity index is 613. The lowest BCUT2D eigenvalue weighted by Crippen LogP contribution is -2.22. The minimum absolute atomic E-state index is 0.180. The van der Waals surface area contributed by atoms with Gasteiger partial charge in [0, 0.05) is 6.20 Å². The van der Waals surface area contributed by atoms with Gasteiger partial charge in [-0.2, -0.15) is 0 Å². The highest BCUT2D eigenvalue weighted by atomic mass is 16.4. The zero-order valence-corrected chi connectivity index (χ0v) is 8.80. The molecule has 16 heavy (non-hydrogen) atoms. The summed E-state index contributed by atoms with van der Waals surface area (Å²) in [6.45, 7) is 1.93. The van der Waals surface area contributed by atoms with E-state index in [0.717, 1.165) is 11.1 Å². The molecule has 0 aliphatic rings. The Morgan fingerprint density at radius 1 is 1.44 bits per heavy atom. The van der Waals surface area contributed by atoms with Crippen LogP contribution in [0.15, 0.2) is 35.3 Å². The monoisotopic (exact) mass is 217 g/mol. The van der Waals surface area contributed by atoms with Crippen molar-refractivity contribution >= 4 is 11.5 Å². The van der Waals surface area contributed by atoms with Crippen molar-refractivity contribution in [3.8, 4) is 0 Å². The third-order valence-corrected chi connectivity index (χ3v) is 2.57. The zero-order valence-electron chi connectivity index (χ0n) is 8.80. The number of aromatic carboxylic acids is 1. The molecule has 0 bridgehead atoms. The van der Waals surface area contributed by atoms with Crippen molar-refractivity contribution in [1.82, 2.24) is 4.40 Å². The quantitative estimate of drug-likeness (QED) is 0.830. The molecule has 1 N–H and O–H groups in total. The van der Waals surface area contributed by atoms with Crippen LogP contribution in [0.5, 0.6) is 0 Å². The maximum Gasteiger partial charge on any atom is 0.341 e. The van der Waals surface area contributed by atoms with Gasteiger partial charge in [-0.25, -0.2) is 4.79 Å². The number of carboxylic acids is 1. The van der Waals surface area contributed by atoms with Crippen LogP contribution in [0.3, 0.4) is 0 Å². The van der Waals surface area contributed by atoms with E-state index in [1.165, 1.54) is 10.5 Å². The van der Waals surface area contributed by atoms with E-state index in [1.54, 1.807) is 12.3 Å². The average Bonchev–Trinajstić information content (AvgIpc) is 2.29. The Labute approximate surface area is 91.8 Å². The van der Waals surface area contributed by atoms with Crippen LogP contribution < -0.4 is 5.56 Å². The molecule has 2 aromatic rings. The van der Waals surface area contributed by atoms with Crippen molar-refractivity contribution in [3.05, 3.63) is 51.9 Å². The van der Waals surface area contributed by atoms with Crippen LogP contribution in [-0.2, 0) is 6.42 Å². The lowest BCUT2D eigenvalue weighted by atomic mass is 10.1. The summed E-state index contributed by atoms with van der Waals surface area (Å²) in [5, 5.41) is 8.93. The van der Waals surface area contributed by atoms with Crippen LogP contribution in [0.25, 0.3) is 5.52 Å². The predicted octanol–water partition coefficient (Wildman–Crippen LogP) is 1.56.